The lowest BCUT2D eigenvalue weighted by Crippen LogP contribution is -2.37. The Morgan fingerprint density at radius 3 is 2.55 bits per heavy atom. The zero-order valence-corrected chi connectivity index (χ0v) is 14.3. The third-order valence-corrected chi connectivity index (χ3v) is 4.90. The normalized spacial score (nSPS) is 13.2. The average molecular weight is 366 g/mol. The Morgan fingerprint density at radius 2 is 2.05 bits per heavy atom. The molecule has 0 aliphatic rings. The van der Waals surface area contributed by atoms with Crippen LogP contribution in [0, 0.1) is 0 Å². The second-order valence-corrected chi connectivity index (χ2v) is 6.93. The minimum absolute atomic E-state index is 0.197. The van der Waals surface area contributed by atoms with Crippen LogP contribution in [-0.2, 0) is 14.8 Å². The molecule has 1 aromatic rings. The molecule has 20 heavy (non-hydrogen) atoms. The van der Waals surface area contributed by atoms with Crippen molar-refractivity contribution in [2.75, 3.05) is 20.8 Å². The van der Waals surface area contributed by atoms with E-state index in [1.165, 1.54) is 19.2 Å². The highest BCUT2D eigenvalue weighted by atomic mass is 79.9. The van der Waals surface area contributed by atoms with Gasteiger partial charge in [0.2, 0.25) is 10.0 Å². The fourth-order valence-electron chi connectivity index (χ4n) is 1.83. The molecule has 1 aromatic carbocycles. The molecule has 1 N–H and O–H groups in total. The summed E-state index contributed by atoms with van der Waals surface area (Å²) < 4.78 is 38.0. The van der Waals surface area contributed by atoms with Gasteiger partial charge in [-0.3, -0.25) is 0 Å². The van der Waals surface area contributed by atoms with Crippen LogP contribution in [0.4, 0.5) is 0 Å². The first-order valence-electron chi connectivity index (χ1n) is 6.29. The fraction of sp³-hybridized carbons (Fsp3) is 0.538. The van der Waals surface area contributed by atoms with E-state index in [1.807, 2.05) is 6.92 Å². The van der Waals surface area contributed by atoms with Crippen molar-refractivity contribution in [2.24, 2.45) is 0 Å². The number of rotatable bonds is 8. The van der Waals surface area contributed by atoms with Crippen molar-refractivity contribution >= 4 is 26.0 Å². The summed E-state index contributed by atoms with van der Waals surface area (Å²) in [5.74, 6) is 0.589. The summed E-state index contributed by atoms with van der Waals surface area (Å²) in [5, 5.41) is 0. The molecule has 0 aliphatic carbocycles. The van der Waals surface area contributed by atoms with Gasteiger partial charge in [-0.2, -0.15) is 0 Å². The predicted molar refractivity (Wildman–Crippen MR) is 81.6 cm³/mol. The molecule has 0 amide bonds. The number of hydrogen-bond acceptors (Lipinski definition) is 4. The van der Waals surface area contributed by atoms with E-state index in [4.69, 9.17) is 9.47 Å². The number of halogens is 1. The van der Waals surface area contributed by atoms with E-state index in [-0.39, 0.29) is 10.9 Å². The van der Waals surface area contributed by atoms with Crippen LogP contribution in [-0.4, -0.2) is 35.3 Å². The van der Waals surface area contributed by atoms with Crippen molar-refractivity contribution in [2.45, 2.75) is 30.7 Å². The summed E-state index contributed by atoms with van der Waals surface area (Å²) in [6.07, 6.45) is 1.60. The molecule has 114 valence electrons. The van der Waals surface area contributed by atoms with E-state index in [1.54, 1.807) is 13.2 Å². The highest BCUT2D eigenvalue weighted by Gasteiger charge is 2.20. The zero-order chi connectivity index (χ0) is 15.2. The van der Waals surface area contributed by atoms with Crippen molar-refractivity contribution in [3.8, 4) is 5.75 Å². The molecule has 1 unspecified atom stereocenters. The molecule has 0 spiro atoms. The molecule has 0 heterocycles. The third-order valence-electron chi connectivity index (χ3n) is 2.76. The summed E-state index contributed by atoms with van der Waals surface area (Å²) >= 11 is 3.29. The second kappa shape index (κ2) is 7.97. The van der Waals surface area contributed by atoms with Crippen LogP contribution >= 0.6 is 15.9 Å². The molecule has 1 rings (SSSR count). The van der Waals surface area contributed by atoms with Gasteiger partial charge in [-0.1, -0.05) is 13.3 Å². The van der Waals surface area contributed by atoms with E-state index in [0.29, 0.717) is 16.8 Å². The average Bonchev–Trinajstić information content (AvgIpc) is 2.38. The summed E-state index contributed by atoms with van der Waals surface area (Å²) in [6, 6.07) is 4.43. The van der Waals surface area contributed by atoms with Crippen molar-refractivity contribution in [1.29, 1.82) is 0 Å². The number of benzene rings is 1. The minimum Gasteiger partial charge on any atom is -0.496 e. The number of methoxy groups -OCH3 is 2. The summed E-state index contributed by atoms with van der Waals surface area (Å²) in [5.41, 5.74) is 0. The highest BCUT2D eigenvalue weighted by Crippen LogP contribution is 2.27. The first-order valence-corrected chi connectivity index (χ1v) is 8.57. The Bertz CT molecular complexity index is 527. The fourth-order valence-corrected chi connectivity index (χ4v) is 3.80. The van der Waals surface area contributed by atoms with E-state index in [2.05, 4.69) is 20.7 Å². The minimum atomic E-state index is -3.57. The number of nitrogens with one attached hydrogen (secondary N) is 1. The molecule has 0 bridgehead atoms. The van der Waals surface area contributed by atoms with E-state index < -0.39 is 10.0 Å². The van der Waals surface area contributed by atoms with Crippen LogP contribution in [0.25, 0.3) is 0 Å². The lowest BCUT2D eigenvalue weighted by molar-refractivity contribution is 0.171. The second-order valence-electron chi connectivity index (χ2n) is 4.36. The van der Waals surface area contributed by atoms with Gasteiger partial charge in [-0.05, 0) is 40.5 Å². The molecule has 1 atom stereocenters. The van der Waals surface area contributed by atoms with Crippen LogP contribution in [0.1, 0.15) is 19.8 Å². The van der Waals surface area contributed by atoms with Crippen molar-refractivity contribution in [3.63, 3.8) is 0 Å². The topological polar surface area (TPSA) is 64.6 Å². The number of ether oxygens (including phenoxy) is 2. The lowest BCUT2D eigenvalue weighted by Gasteiger charge is -2.17. The molecule has 5 nitrogen and oxygen atoms in total. The quantitative estimate of drug-likeness (QED) is 0.768. The summed E-state index contributed by atoms with van der Waals surface area (Å²) in [7, 11) is -0.480. The molecule has 7 heteroatoms. The van der Waals surface area contributed by atoms with Crippen LogP contribution in [0.3, 0.4) is 0 Å². The van der Waals surface area contributed by atoms with Crippen molar-refractivity contribution < 1.29 is 17.9 Å². The summed E-state index contributed by atoms with van der Waals surface area (Å²) in [6.45, 7) is 2.35. The molecular weight excluding hydrogens is 346 g/mol. The molecule has 0 radical (unpaired) electrons. The monoisotopic (exact) mass is 365 g/mol. The SMILES string of the molecule is CCCC(COC)NS(=O)(=O)c1ccc(OC)c(Br)c1. The number of hydrogen-bond donors (Lipinski definition) is 1. The van der Waals surface area contributed by atoms with E-state index in [9.17, 15) is 8.42 Å². The Kier molecular flexibility index (Phi) is 6.94. The van der Waals surface area contributed by atoms with E-state index >= 15 is 0 Å². The number of sulfonamides is 1. The van der Waals surface area contributed by atoms with Gasteiger partial charge in [-0.25, -0.2) is 13.1 Å². The smallest absolute Gasteiger partial charge is 0.240 e. The van der Waals surface area contributed by atoms with Gasteiger partial charge in [0.1, 0.15) is 5.75 Å². The first kappa shape index (κ1) is 17.4. The molecule has 0 saturated carbocycles. The van der Waals surface area contributed by atoms with Gasteiger partial charge >= 0.3 is 0 Å². The summed E-state index contributed by atoms with van der Waals surface area (Å²) in [4.78, 5) is 0.197. The maximum absolute atomic E-state index is 12.3. The molecule has 0 aromatic heterocycles. The van der Waals surface area contributed by atoms with Crippen LogP contribution in [0.5, 0.6) is 5.75 Å². The van der Waals surface area contributed by atoms with Crippen LogP contribution in [0.2, 0.25) is 0 Å². The zero-order valence-electron chi connectivity index (χ0n) is 11.8. The van der Waals surface area contributed by atoms with Gasteiger partial charge in [0.15, 0.2) is 0 Å². The Balaban J connectivity index is 2.94. The van der Waals surface area contributed by atoms with E-state index in [0.717, 1.165) is 12.8 Å². The standard InChI is InChI=1S/C13H20BrNO4S/c1-4-5-10(9-18-2)15-20(16,17)11-6-7-13(19-3)12(14)8-11/h6-8,10,15H,4-5,9H2,1-3H3. The van der Waals surface area contributed by atoms with Gasteiger partial charge < -0.3 is 9.47 Å². The third kappa shape index (κ3) is 4.73. The Labute approximate surface area is 128 Å². The Morgan fingerprint density at radius 1 is 1.35 bits per heavy atom. The van der Waals surface area contributed by atoms with Crippen molar-refractivity contribution in [3.05, 3.63) is 22.7 Å². The maximum atomic E-state index is 12.3. The molecular formula is C13H20BrNO4S. The van der Waals surface area contributed by atoms with Gasteiger partial charge in [-0.15, -0.1) is 0 Å². The predicted octanol–water partition coefficient (Wildman–Crippen LogP) is 2.55. The molecule has 0 fully saturated rings. The Hall–Kier alpha value is -0.630. The van der Waals surface area contributed by atoms with Gasteiger partial charge in [0, 0.05) is 13.2 Å². The first-order chi connectivity index (χ1) is 9.44. The largest absolute Gasteiger partial charge is 0.496 e. The van der Waals surface area contributed by atoms with Crippen LogP contribution < -0.4 is 9.46 Å². The van der Waals surface area contributed by atoms with Gasteiger partial charge in [0.05, 0.1) is 23.1 Å². The lowest BCUT2D eigenvalue weighted by atomic mass is 10.2. The maximum Gasteiger partial charge on any atom is 0.240 e. The highest BCUT2D eigenvalue weighted by molar-refractivity contribution is 9.10. The van der Waals surface area contributed by atoms with Crippen LogP contribution in [0.15, 0.2) is 27.6 Å². The van der Waals surface area contributed by atoms with Crippen molar-refractivity contribution in [1.82, 2.24) is 4.72 Å². The van der Waals surface area contributed by atoms with Gasteiger partial charge in [0.25, 0.3) is 0 Å². The molecule has 0 aliphatic heterocycles. The molecule has 0 saturated heterocycles.